The lowest BCUT2D eigenvalue weighted by molar-refractivity contribution is -0.136. The summed E-state index contributed by atoms with van der Waals surface area (Å²) < 4.78 is 28.2. The molecule has 2 atom stereocenters. The number of piperazine rings is 1. The first-order valence-corrected chi connectivity index (χ1v) is 12.3. The van der Waals surface area contributed by atoms with E-state index >= 15 is 0 Å². The number of sulfonamides is 1. The maximum absolute atomic E-state index is 13.3. The highest BCUT2D eigenvalue weighted by Crippen LogP contribution is 2.27. The Morgan fingerprint density at radius 2 is 1.71 bits per heavy atom. The van der Waals surface area contributed by atoms with Gasteiger partial charge in [-0.25, -0.2) is 8.42 Å². The molecule has 1 heterocycles. The SMILES string of the molecule is CC1CN(CCc2ccc(Cl)c(Cl)c2)C[C@H](C)N1S(=O)(=O)c1cccc(CC(=O)O)c1. The van der Waals surface area contributed by atoms with Crippen molar-refractivity contribution in [1.29, 1.82) is 0 Å². The van der Waals surface area contributed by atoms with E-state index in [1.54, 1.807) is 22.5 Å². The van der Waals surface area contributed by atoms with Gasteiger partial charge in [0.15, 0.2) is 0 Å². The first kappa shape index (κ1) is 24.0. The summed E-state index contributed by atoms with van der Waals surface area (Å²) in [5, 5.41) is 10.1. The molecule has 6 nitrogen and oxygen atoms in total. The van der Waals surface area contributed by atoms with Crippen LogP contribution in [0.5, 0.6) is 0 Å². The van der Waals surface area contributed by atoms with E-state index in [1.165, 1.54) is 12.1 Å². The van der Waals surface area contributed by atoms with Gasteiger partial charge in [0.2, 0.25) is 10.0 Å². The van der Waals surface area contributed by atoms with Crippen molar-refractivity contribution in [3.63, 3.8) is 0 Å². The van der Waals surface area contributed by atoms with Crippen LogP contribution in [0.4, 0.5) is 0 Å². The first-order chi connectivity index (χ1) is 14.6. The van der Waals surface area contributed by atoms with Crippen molar-refractivity contribution in [3.8, 4) is 0 Å². The molecule has 0 saturated carbocycles. The number of benzene rings is 2. The van der Waals surface area contributed by atoms with E-state index in [0.29, 0.717) is 28.7 Å². The van der Waals surface area contributed by atoms with Crippen LogP contribution < -0.4 is 0 Å². The number of carboxylic acid groups (broad SMARTS) is 1. The van der Waals surface area contributed by atoms with Crippen molar-refractivity contribution in [1.82, 2.24) is 9.21 Å². The van der Waals surface area contributed by atoms with Crippen molar-refractivity contribution in [2.45, 2.75) is 43.7 Å². The smallest absolute Gasteiger partial charge is 0.307 e. The van der Waals surface area contributed by atoms with E-state index < -0.39 is 16.0 Å². The third kappa shape index (κ3) is 5.79. The number of hydrogen-bond donors (Lipinski definition) is 1. The third-order valence-electron chi connectivity index (χ3n) is 5.44. The van der Waals surface area contributed by atoms with E-state index in [2.05, 4.69) is 4.90 Å². The van der Waals surface area contributed by atoms with Gasteiger partial charge < -0.3 is 5.11 Å². The lowest BCUT2D eigenvalue weighted by atomic mass is 10.1. The molecular weight excluding hydrogens is 459 g/mol. The molecule has 9 heteroatoms. The second-order valence-corrected chi connectivity index (χ2v) is 10.7. The lowest BCUT2D eigenvalue weighted by Crippen LogP contribution is -2.58. The molecule has 1 fully saturated rings. The molecule has 1 aliphatic rings. The van der Waals surface area contributed by atoms with Gasteiger partial charge in [0, 0.05) is 31.7 Å². The Kier molecular flexibility index (Phi) is 7.65. The molecule has 0 amide bonds. The largest absolute Gasteiger partial charge is 0.481 e. The summed E-state index contributed by atoms with van der Waals surface area (Å²) >= 11 is 12.1. The number of nitrogens with zero attached hydrogens (tertiary/aromatic N) is 2. The van der Waals surface area contributed by atoms with E-state index in [0.717, 1.165) is 18.5 Å². The first-order valence-electron chi connectivity index (χ1n) is 10.1. The van der Waals surface area contributed by atoms with Crippen molar-refractivity contribution in [3.05, 3.63) is 63.6 Å². The zero-order valence-corrected chi connectivity index (χ0v) is 19.8. The molecule has 31 heavy (non-hydrogen) atoms. The van der Waals surface area contributed by atoms with Gasteiger partial charge in [-0.05, 0) is 55.7 Å². The fraction of sp³-hybridized carbons (Fsp3) is 0.409. The Bertz CT molecular complexity index is 1050. The maximum atomic E-state index is 13.3. The fourth-order valence-electron chi connectivity index (χ4n) is 4.17. The standard InChI is InChI=1S/C22H26Cl2N2O4S/c1-15-13-25(9-8-17-6-7-20(23)21(24)11-17)14-16(2)26(15)31(29,30)19-5-3-4-18(10-19)12-22(27)28/h3-7,10-11,15-16H,8-9,12-14H2,1-2H3,(H,27,28)/t15-,16?/m0/s1. The Hall–Kier alpha value is -1.64. The zero-order valence-electron chi connectivity index (χ0n) is 17.5. The molecule has 168 valence electrons. The van der Waals surface area contributed by atoms with E-state index in [-0.39, 0.29) is 23.4 Å². The summed E-state index contributed by atoms with van der Waals surface area (Å²) in [6.07, 6.45) is 0.581. The monoisotopic (exact) mass is 484 g/mol. The highest BCUT2D eigenvalue weighted by Gasteiger charge is 2.38. The average molecular weight is 485 g/mol. The number of carbonyl (C=O) groups is 1. The summed E-state index contributed by atoms with van der Waals surface area (Å²) in [6.45, 7) is 5.81. The Morgan fingerprint density at radius 3 is 2.32 bits per heavy atom. The van der Waals surface area contributed by atoms with Crippen molar-refractivity contribution < 1.29 is 18.3 Å². The van der Waals surface area contributed by atoms with Crippen LogP contribution in [0.3, 0.4) is 0 Å². The van der Waals surface area contributed by atoms with E-state index in [4.69, 9.17) is 28.3 Å². The topological polar surface area (TPSA) is 77.9 Å². The number of aliphatic carboxylic acids is 1. The fourth-order valence-corrected chi connectivity index (χ4v) is 6.36. The summed E-state index contributed by atoms with van der Waals surface area (Å²) in [6, 6.07) is 11.4. The molecular formula is C22H26Cl2N2O4S. The Labute approximate surface area is 193 Å². The normalized spacial score (nSPS) is 20.6. The summed E-state index contributed by atoms with van der Waals surface area (Å²) in [5.41, 5.74) is 1.55. The summed E-state index contributed by atoms with van der Waals surface area (Å²) in [4.78, 5) is 13.4. The van der Waals surface area contributed by atoms with Crippen LogP contribution in [0.25, 0.3) is 0 Å². The molecule has 3 rings (SSSR count). The molecule has 2 aromatic carbocycles. The second-order valence-electron chi connectivity index (χ2n) is 8.01. The van der Waals surface area contributed by atoms with Crippen molar-refractivity contribution >= 4 is 39.2 Å². The van der Waals surface area contributed by atoms with Crippen molar-refractivity contribution in [2.24, 2.45) is 0 Å². The quantitative estimate of drug-likeness (QED) is 0.643. The van der Waals surface area contributed by atoms with Crippen LogP contribution >= 0.6 is 23.2 Å². The number of carboxylic acids is 1. The third-order valence-corrected chi connectivity index (χ3v) is 8.31. The van der Waals surface area contributed by atoms with Crippen LogP contribution in [0.15, 0.2) is 47.4 Å². The summed E-state index contributed by atoms with van der Waals surface area (Å²) in [7, 11) is -3.74. The molecule has 1 saturated heterocycles. The molecule has 1 unspecified atom stereocenters. The van der Waals surface area contributed by atoms with Gasteiger partial charge in [0.1, 0.15) is 0 Å². The average Bonchev–Trinajstić information content (AvgIpc) is 2.68. The van der Waals surface area contributed by atoms with Gasteiger partial charge in [-0.1, -0.05) is 41.4 Å². The molecule has 0 aromatic heterocycles. The molecule has 0 radical (unpaired) electrons. The molecule has 1 N–H and O–H groups in total. The zero-order chi connectivity index (χ0) is 22.8. The van der Waals surface area contributed by atoms with Gasteiger partial charge in [-0.3, -0.25) is 9.69 Å². The highest BCUT2D eigenvalue weighted by atomic mass is 35.5. The van der Waals surface area contributed by atoms with Gasteiger partial charge in [-0.2, -0.15) is 4.31 Å². The highest BCUT2D eigenvalue weighted by molar-refractivity contribution is 7.89. The van der Waals surface area contributed by atoms with Crippen LogP contribution in [0, 0.1) is 0 Å². The van der Waals surface area contributed by atoms with Crippen LogP contribution in [-0.4, -0.2) is 60.4 Å². The minimum atomic E-state index is -3.74. The van der Waals surface area contributed by atoms with Gasteiger partial charge >= 0.3 is 5.97 Å². The molecule has 2 aromatic rings. The molecule has 0 bridgehead atoms. The lowest BCUT2D eigenvalue weighted by Gasteiger charge is -2.43. The van der Waals surface area contributed by atoms with Crippen LogP contribution in [-0.2, 0) is 27.7 Å². The Morgan fingerprint density at radius 1 is 1.03 bits per heavy atom. The Balaban J connectivity index is 1.70. The number of hydrogen-bond acceptors (Lipinski definition) is 4. The predicted octanol–water partition coefficient (Wildman–Crippen LogP) is 3.95. The van der Waals surface area contributed by atoms with Gasteiger partial charge in [-0.15, -0.1) is 0 Å². The summed E-state index contributed by atoms with van der Waals surface area (Å²) in [5.74, 6) is -0.994. The molecule has 0 spiro atoms. The van der Waals surface area contributed by atoms with Crippen LogP contribution in [0.1, 0.15) is 25.0 Å². The number of rotatable bonds is 7. The minimum Gasteiger partial charge on any atom is -0.481 e. The van der Waals surface area contributed by atoms with Crippen molar-refractivity contribution in [2.75, 3.05) is 19.6 Å². The minimum absolute atomic E-state index is 0.134. The second kappa shape index (κ2) is 9.88. The molecule has 0 aliphatic carbocycles. The van der Waals surface area contributed by atoms with E-state index in [9.17, 15) is 13.2 Å². The molecule has 1 aliphatic heterocycles. The number of halogens is 2. The maximum Gasteiger partial charge on any atom is 0.307 e. The van der Waals surface area contributed by atoms with E-state index in [1.807, 2.05) is 26.0 Å². The van der Waals surface area contributed by atoms with Gasteiger partial charge in [0.25, 0.3) is 0 Å². The van der Waals surface area contributed by atoms with Gasteiger partial charge in [0.05, 0.1) is 21.4 Å². The predicted molar refractivity (Wildman–Crippen MR) is 122 cm³/mol. The van der Waals surface area contributed by atoms with Crippen LogP contribution in [0.2, 0.25) is 10.0 Å².